The first-order valence-electron chi connectivity index (χ1n) is 7.68. The Bertz CT molecular complexity index is 783. The Labute approximate surface area is 134 Å². The van der Waals surface area contributed by atoms with E-state index < -0.39 is 0 Å². The summed E-state index contributed by atoms with van der Waals surface area (Å²) >= 11 is 0. The molecule has 3 rings (SSSR count). The number of benzene rings is 2. The molecule has 1 atom stereocenters. The molecule has 1 amide bonds. The zero-order valence-corrected chi connectivity index (χ0v) is 12.7. The zero-order valence-electron chi connectivity index (χ0n) is 12.7. The molecule has 1 aromatic heterocycles. The predicted octanol–water partition coefficient (Wildman–Crippen LogP) is 2.81. The van der Waals surface area contributed by atoms with E-state index in [1.54, 1.807) is 12.3 Å². The lowest BCUT2D eigenvalue weighted by molar-refractivity contribution is 0.0932. The van der Waals surface area contributed by atoms with Gasteiger partial charge in [0.1, 0.15) is 0 Å². The van der Waals surface area contributed by atoms with Crippen LogP contribution < -0.4 is 5.32 Å². The molecule has 0 saturated heterocycles. The fourth-order valence-corrected chi connectivity index (χ4v) is 2.63. The van der Waals surface area contributed by atoms with Gasteiger partial charge in [0, 0.05) is 17.6 Å². The summed E-state index contributed by atoms with van der Waals surface area (Å²) in [6.07, 6.45) is 3.04. The van der Waals surface area contributed by atoms with Gasteiger partial charge in [-0.1, -0.05) is 30.3 Å². The highest BCUT2D eigenvalue weighted by atomic mass is 16.3. The molecule has 2 aromatic carbocycles. The highest BCUT2D eigenvalue weighted by Gasteiger charge is 2.15. The summed E-state index contributed by atoms with van der Waals surface area (Å²) in [6, 6.07) is 15.2. The largest absolute Gasteiger partial charge is 0.396 e. The van der Waals surface area contributed by atoms with Crippen LogP contribution in [0.2, 0.25) is 0 Å². The van der Waals surface area contributed by atoms with Crippen molar-refractivity contribution >= 4 is 16.8 Å². The molecule has 5 nitrogen and oxygen atoms in total. The predicted molar refractivity (Wildman–Crippen MR) is 89.1 cm³/mol. The summed E-state index contributed by atoms with van der Waals surface area (Å²) in [4.78, 5) is 12.6. The molecule has 0 aliphatic carbocycles. The minimum atomic E-state index is -0.125. The highest BCUT2D eigenvalue weighted by Crippen LogP contribution is 2.20. The first-order chi connectivity index (χ1) is 11.3. The Morgan fingerprint density at radius 2 is 2.04 bits per heavy atom. The van der Waals surface area contributed by atoms with E-state index in [1.807, 2.05) is 42.5 Å². The average molecular weight is 309 g/mol. The molecule has 0 bridgehead atoms. The minimum absolute atomic E-state index is 0.111. The van der Waals surface area contributed by atoms with Gasteiger partial charge in [-0.2, -0.15) is 5.10 Å². The molecular formula is C18H19N3O2. The zero-order chi connectivity index (χ0) is 16.1. The Morgan fingerprint density at radius 1 is 1.22 bits per heavy atom. The number of nitrogens with zero attached hydrogens (tertiary/aromatic N) is 1. The molecule has 1 heterocycles. The lowest BCUT2D eigenvalue weighted by Gasteiger charge is -2.19. The Kier molecular flexibility index (Phi) is 4.68. The van der Waals surface area contributed by atoms with Crippen LogP contribution in [-0.2, 0) is 0 Å². The third-order valence-electron chi connectivity index (χ3n) is 3.86. The summed E-state index contributed by atoms with van der Waals surface area (Å²) in [6.45, 7) is 0.111. The number of aromatic amines is 1. The number of fused-ring (bicyclic) bond motifs is 1. The number of rotatable bonds is 6. The summed E-state index contributed by atoms with van der Waals surface area (Å²) in [5.74, 6) is -0.125. The lowest BCUT2D eigenvalue weighted by Crippen LogP contribution is -2.28. The number of aliphatic hydroxyl groups is 1. The van der Waals surface area contributed by atoms with Gasteiger partial charge in [0.05, 0.1) is 17.8 Å². The van der Waals surface area contributed by atoms with Gasteiger partial charge in [-0.25, -0.2) is 0 Å². The van der Waals surface area contributed by atoms with E-state index in [2.05, 4.69) is 15.5 Å². The van der Waals surface area contributed by atoms with E-state index in [4.69, 9.17) is 5.11 Å². The molecule has 3 N–H and O–H groups in total. The molecule has 0 fully saturated rings. The lowest BCUT2D eigenvalue weighted by atomic mass is 10.0. The molecule has 5 heteroatoms. The van der Waals surface area contributed by atoms with E-state index in [-0.39, 0.29) is 18.6 Å². The third kappa shape index (κ3) is 3.57. The van der Waals surface area contributed by atoms with Crippen LogP contribution in [0.4, 0.5) is 0 Å². The number of hydrogen-bond donors (Lipinski definition) is 3. The maximum absolute atomic E-state index is 12.6. The van der Waals surface area contributed by atoms with Gasteiger partial charge >= 0.3 is 0 Å². The molecule has 1 unspecified atom stereocenters. The Balaban J connectivity index is 1.79. The Hall–Kier alpha value is -2.66. The van der Waals surface area contributed by atoms with E-state index in [9.17, 15) is 4.79 Å². The monoisotopic (exact) mass is 309 g/mol. The van der Waals surface area contributed by atoms with E-state index in [0.29, 0.717) is 18.4 Å². The summed E-state index contributed by atoms with van der Waals surface area (Å²) in [5.41, 5.74) is 2.55. The van der Waals surface area contributed by atoms with Crippen molar-refractivity contribution in [3.8, 4) is 0 Å². The van der Waals surface area contributed by atoms with Gasteiger partial charge in [0.2, 0.25) is 0 Å². The molecule has 0 spiro atoms. The van der Waals surface area contributed by atoms with Crippen molar-refractivity contribution in [3.05, 3.63) is 65.9 Å². The maximum atomic E-state index is 12.6. The second-order valence-corrected chi connectivity index (χ2v) is 5.47. The fraction of sp³-hybridized carbons (Fsp3) is 0.222. The first kappa shape index (κ1) is 15.2. The standard InChI is InChI=1S/C18H19N3O2/c22-10-4-7-16(13-5-2-1-3-6-13)20-18(23)14-8-9-17-15(11-14)12-19-21-17/h1-3,5-6,8-9,11-12,16,22H,4,7,10H2,(H,19,21)(H,20,23). The molecule has 23 heavy (non-hydrogen) atoms. The van der Waals surface area contributed by atoms with Gasteiger partial charge in [-0.3, -0.25) is 9.89 Å². The van der Waals surface area contributed by atoms with Crippen molar-refractivity contribution in [1.82, 2.24) is 15.5 Å². The van der Waals surface area contributed by atoms with Gasteiger partial charge in [0.15, 0.2) is 0 Å². The minimum Gasteiger partial charge on any atom is -0.396 e. The van der Waals surface area contributed by atoms with Crippen molar-refractivity contribution in [2.45, 2.75) is 18.9 Å². The SMILES string of the molecule is O=C(NC(CCCO)c1ccccc1)c1ccc2[nH]ncc2c1. The van der Waals surface area contributed by atoms with Crippen LogP contribution in [-0.4, -0.2) is 27.8 Å². The number of aromatic nitrogens is 2. The van der Waals surface area contributed by atoms with Crippen molar-refractivity contribution in [1.29, 1.82) is 0 Å². The normalized spacial score (nSPS) is 12.2. The number of amides is 1. The van der Waals surface area contributed by atoms with Crippen molar-refractivity contribution in [3.63, 3.8) is 0 Å². The summed E-state index contributed by atoms with van der Waals surface area (Å²) < 4.78 is 0. The van der Waals surface area contributed by atoms with Crippen LogP contribution in [0.15, 0.2) is 54.7 Å². The molecule has 0 saturated carbocycles. The number of carbonyl (C=O) groups excluding carboxylic acids is 1. The van der Waals surface area contributed by atoms with Crippen LogP contribution in [0.3, 0.4) is 0 Å². The van der Waals surface area contributed by atoms with Gasteiger partial charge in [-0.05, 0) is 36.6 Å². The van der Waals surface area contributed by atoms with Crippen molar-refractivity contribution in [2.75, 3.05) is 6.61 Å². The van der Waals surface area contributed by atoms with Crippen LogP contribution in [0.25, 0.3) is 10.9 Å². The Morgan fingerprint density at radius 3 is 2.83 bits per heavy atom. The maximum Gasteiger partial charge on any atom is 0.251 e. The molecule has 0 aliphatic rings. The van der Waals surface area contributed by atoms with Gasteiger partial charge in [0.25, 0.3) is 5.91 Å². The number of carbonyl (C=O) groups is 1. The second-order valence-electron chi connectivity index (χ2n) is 5.47. The summed E-state index contributed by atoms with van der Waals surface area (Å²) in [5, 5.41) is 19.9. The third-order valence-corrected chi connectivity index (χ3v) is 3.86. The fourth-order valence-electron chi connectivity index (χ4n) is 2.63. The van der Waals surface area contributed by atoms with Crippen LogP contribution in [0, 0.1) is 0 Å². The van der Waals surface area contributed by atoms with Gasteiger partial charge in [-0.15, -0.1) is 0 Å². The number of hydrogen-bond acceptors (Lipinski definition) is 3. The molecule has 3 aromatic rings. The number of H-pyrrole nitrogens is 1. The van der Waals surface area contributed by atoms with Crippen LogP contribution in [0.1, 0.15) is 34.8 Å². The van der Waals surface area contributed by atoms with Crippen LogP contribution >= 0.6 is 0 Å². The number of aliphatic hydroxyl groups excluding tert-OH is 1. The molecule has 0 radical (unpaired) electrons. The quantitative estimate of drug-likeness (QED) is 0.655. The molecular weight excluding hydrogens is 290 g/mol. The number of nitrogens with one attached hydrogen (secondary N) is 2. The average Bonchev–Trinajstić information content (AvgIpc) is 3.06. The van der Waals surface area contributed by atoms with Crippen LogP contribution in [0.5, 0.6) is 0 Å². The highest BCUT2D eigenvalue weighted by molar-refractivity contribution is 5.98. The smallest absolute Gasteiger partial charge is 0.251 e. The topological polar surface area (TPSA) is 78.0 Å². The molecule has 118 valence electrons. The van der Waals surface area contributed by atoms with E-state index in [1.165, 1.54) is 0 Å². The van der Waals surface area contributed by atoms with Crippen molar-refractivity contribution in [2.24, 2.45) is 0 Å². The van der Waals surface area contributed by atoms with E-state index in [0.717, 1.165) is 16.5 Å². The second kappa shape index (κ2) is 7.07. The first-order valence-corrected chi connectivity index (χ1v) is 7.68. The van der Waals surface area contributed by atoms with E-state index >= 15 is 0 Å². The van der Waals surface area contributed by atoms with Crippen molar-refractivity contribution < 1.29 is 9.90 Å². The van der Waals surface area contributed by atoms with Gasteiger partial charge < -0.3 is 10.4 Å². The summed E-state index contributed by atoms with van der Waals surface area (Å²) in [7, 11) is 0. The molecule has 0 aliphatic heterocycles.